The third kappa shape index (κ3) is 3.76. The van der Waals surface area contributed by atoms with Crippen molar-refractivity contribution in [2.24, 2.45) is 9.98 Å². The van der Waals surface area contributed by atoms with E-state index in [-0.39, 0.29) is 27.7 Å². The number of sulfone groups is 1. The zero-order chi connectivity index (χ0) is 22.2. The SMILES string of the molecule is CCCNC(=O)N1c2ccc(S(=O)(=O)C3=NC(=O)N=C3c3ccccc3)cc2CC1C. The minimum Gasteiger partial charge on any atom is -0.338 e. The number of amides is 4. The lowest BCUT2D eigenvalue weighted by molar-refractivity contribution is 0.245. The summed E-state index contributed by atoms with van der Waals surface area (Å²) in [6.45, 7) is 4.46. The molecule has 2 aliphatic rings. The van der Waals surface area contributed by atoms with Crippen molar-refractivity contribution in [2.75, 3.05) is 11.4 Å². The second kappa shape index (κ2) is 8.07. The molecule has 2 aromatic carbocycles. The molecule has 1 unspecified atom stereocenters. The summed E-state index contributed by atoms with van der Waals surface area (Å²) in [6, 6.07) is 12.1. The third-order valence-electron chi connectivity index (χ3n) is 5.23. The van der Waals surface area contributed by atoms with Crippen LogP contribution in [-0.2, 0) is 16.3 Å². The summed E-state index contributed by atoms with van der Waals surface area (Å²) in [5.74, 6) is 0. The summed E-state index contributed by atoms with van der Waals surface area (Å²) in [5, 5.41) is 2.51. The molecule has 2 heterocycles. The van der Waals surface area contributed by atoms with E-state index >= 15 is 0 Å². The van der Waals surface area contributed by atoms with Crippen molar-refractivity contribution >= 4 is 38.3 Å². The van der Waals surface area contributed by atoms with E-state index in [1.165, 1.54) is 6.07 Å². The summed E-state index contributed by atoms with van der Waals surface area (Å²) in [6.07, 6.45) is 1.35. The van der Waals surface area contributed by atoms with E-state index in [0.717, 1.165) is 12.0 Å². The number of hydrogen-bond donors (Lipinski definition) is 1. The van der Waals surface area contributed by atoms with E-state index in [1.54, 1.807) is 47.4 Å². The smallest absolute Gasteiger partial charge is 0.338 e. The fraction of sp³-hybridized carbons (Fsp3) is 0.273. The molecule has 0 radical (unpaired) electrons. The number of nitrogens with zero attached hydrogens (tertiary/aromatic N) is 3. The van der Waals surface area contributed by atoms with Gasteiger partial charge in [-0.25, -0.2) is 18.0 Å². The summed E-state index contributed by atoms with van der Waals surface area (Å²) in [5.41, 5.74) is 1.98. The number of aliphatic imine (C=N–C) groups is 2. The number of rotatable bonds is 4. The molecule has 0 bridgehead atoms. The average Bonchev–Trinajstić information content (AvgIpc) is 3.31. The molecule has 1 atom stereocenters. The zero-order valence-electron chi connectivity index (χ0n) is 17.2. The maximum absolute atomic E-state index is 13.3. The second-order valence-corrected chi connectivity index (χ2v) is 9.34. The summed E-state index contributed by atoms with van der Waals surface area (Å²) in [7, 11) is -4.08. The van der Waals surface area contributed by atoms with Gasteiger partial charge in [-0.3, -0.25) is 4.90 Å². The van der Waals surface area contributed by atoms with Gasteiger partial charge in [0.1, 0.15) is 5.71 Å². The molecule has 0 saturated carbocycles. The van der Waals surface area contributed by atoms with Crippen LogP contribution >= 0.6 is 0 Å². The van der Waals surface area contributed by atoms with Crippen LogP contribution in [0.2, 0.25) is 0 Å². The Kier molecular flexibility index (Phi) is 5.45. The van der Waals surface area contributed by atoms with Gasteiger partial charge in [0.15, 0.2) is 5.04 Å². The lowest BCUT2D eigenvalue weighted by Gasteiger charge is -2.23. The molecule has 0 aromatic heterocycles. The topological polar surface area (TPSA) is 108 Å². The molecule has 8 nitrogen and oxygen atoms in total. The first kappa shape index (κ1) is 20.9. The molecular formula is C22H22N4O4S. The van der Waals surface area contributed by atoms with E-state index in [4.69, 9.17) is 0 Å². The van der Waals surface area contributed by atoms with Crippen LogP contribution in [0.15, 0.2) is 63.4 Å². The minimum absolute atomic E-state index is 0.0198. The largest absolute Gasteiger partial charge is 0.369 e. The molecule has 0 spiro atoms. The van der Waals surface area contributed by atoms with Crippen molar-refractivity contribution < 1.29 is 18.0 Å². The van der Waals surface area contributed by atoms with E-state index < -0.39 is 15.9 Å². The lowest BCUT2D eigenvalue weighted by Crippen LogP contribution is -2.43. The van der Waals surface area contributed by atoms with Crippen LogP contribution in [0.4, 0.5) is 15.3 Å². The van der Waals surface area contributed by atoms with E-state index in [0.29, 0.717) is 24.2 Å². The van der Waals surface area contributed by atoms with E-state index in [2.05, 4.69) is 15.3 Å². The van der Waals surface area contributed by atoms with Crippen molar-refractivity contribution in [2.45, 2.75) is 37.6 Å². The fourth-order valence-corrected chi connectivity index (χ4v) is 5.18. The molecular weight excluding hydrogens is 416 g/mol. The van der Waals surface area contributed by atoms with Crippen LogP contribution in [0.5, 0.6) is 0 Å². The van der Waals surface area contributed by atoms with Crippen LogP contribution in [0.3, 0.4) is 0 Å². The predicted molar refractivity (Wildman–Crippen MR) is 119 cm³/mol. The van der Waals surface area contributed by atoms with Crippen LogP contribution in [0.1, 0.15) is 31.4 Å². The van der Waals surface area contributed by atoms with Crippen molar-refractivity contribution in [3.8, 4) is 0 Å². The molecule has 160 valence electrons. The monoisotopic (exact) mass is 438 g/mol. The Morgan fingerprint density at radius 2 is 1.90 bits per heavy atom. The van der Waals surface area contributed by atoms with Crippen molar-refractivity contribution in [1.82, 2.24) is 5.32 Å². The van der Waals surface area contributed by atoms with Crippen LogP contribution in [0, 0.1) is 0 Å². The third-order valence-corrected chi connectivity index (χ3v) is 6.90. The van der Waals surface area contributed by atoms with Gasteiger partial charge in [0.05, 0.1) is 4.90 Å². The van der Waals surface area contributed by atoms with Crippen LogP contribution in [-0.4, -0.2) is 43.8 Å². The van der Waals surface area contributed by atoms with E-state index in [1.807, 2.05) is 13.8 Å². The molecule has 31 heavy (non-hydrogen) atoms. The number of carbonyl (C=O) groups excluding carboxylic acids is 2. The Morgan fingerprint density at radius 1 is 1.16 bits per heavy atom. The zero-order valence-corrected chi connectivity index (χ0v) is 18.0. The maximum atomic E-state index is 13.3. The molecule has 4 amide bonds. The highest BCUT2D eigenvalue weighted by molar-refractivity contribution is 8.08. The van der Waals surface area contributed by atoms with Gasteiger partial charge in [0.25, 0.3) is 0 Å². The van der Waals surface area contributed by atoms with Gasteiger partial charge in [0, 0.05) is 23.8 Å². The molecule has 2 aliphatic heterocycles. The Morgan fingerprint density at radius 3 is 2.61 bits per heavy atom. The van der Waals surface area contributed by atoms with Crippen LogP contribution < -0.4 is 10.2 Å². The molecule has 1 N–H and O–H groups in total. The van der Waals surface area contributed by atoms with Gasteiger partial charge in [-0.2, -0.15) is 9.98 Å². The number of carbonyl (C=O) groups is 2. The molecule has 9 heteroatoms. The highest BCUT2D eigenvalue weighted by atomic mass is 32.2. The van der Waals surface area contributed by atoms with Crippen molar-refractivity contribution in [3.05, 3.63) is 59.7 Å². The number of nitrogens with one attached hydrogen (secondary N) is 1. The summed E-state index contributed by atoms with van der Waals surface area (Å²) in [4.78, 5) is 33.6. The Bertz CT molecular complexity index is 1220. The second-order valence-electron chi connectivity index (χ2n) is 7.47. The molecule has 0 fully saturated rings. The van der Waals surface area contributed by atoms with Gasteiger partial charge < -0.3 is 5.32 Å². The Balaban J connectivity index is 1.69. The standard InChI is InChI=1S/C22H22N4O4S/c1-3-11-23-22(28)26-14(2)12-16-13-17(9-10-18(16)26)31(29,30)20-19(24-21(27)25-20)15-7-5-4-6-8-15/h4-10,13-14H,3,11-12H2,1-2H3,(H,23,28). The molecule has 4 rings (SSSR count). The maximum Gasteiger partial charge on any atom is 0.369 e. The first-order chi connectivity index (χ1) is 14.8. The van der Waals surface area contributed by atoms with Gasteiger partial charge >= 0.3 is 12.1 Å². The van der Waals surface area contributed by atoms with Gasteiger partial charge in [-0.05, 0) is 43.5 Å². The normalized spacial score (nSPS) is 17.9. The van der Waals surface area contributed by atoms with Crippen LogP contribution in [0.25, 0.3) is 0 Å². The van der Waals surface area contributed by atoms with Crippen molar-refractivity contribution in [1.29, 1.82) is 0 Å². The van der Waals surface area contributed by atoms with Crippen molar-refractivity contribution in [3.63, 3.8) is 0 Å². The number of urea groups is 2. The number of fused-ring (bicyclic) bond motifs is 1. The molecule has 2 aromatic rings. The molecule has 0 saturated heterocycles. The number of anilines is 1. The highest BCUT2D eigenvalue weighted by Crippen LogP contribution is 2.34. The quantitative estimate of drug-likeness (QED) is 0.789. The predicted octanol–water partition coefficient (Wildman–Crippen LogP) is 3.35. The minimum atomic E-state index is -4.08. The first-order valence-corrected chi connectivity index (χ1v) is 11.5. The first-order valence-electron chi connectivity index (χ1n) is 10.0. The van der Waals surface area contributed by atoms with Gasteiger partial charge in [0.2, 0.25) is 9.84 Å². The molecule has 0 aliphatic carbocycles. The Labute approximate surface area is 180 Å². The van der Waals surface area contributed by atoms with E-state index in [9.17, 15) is 18.0 Å². The fourth-order valence-electron chi connectivity index (χ4n) is 3.79. The Hall–Kier alpha value is -3.33. The number of benzene rings is 2. The lowest BCUT2D eigenvalue weighted by atomic mass is 10.1. The van der Waals surface area contributed by atoms with Gasteiger partial charge in [-0.1, -0.05) is 37.3 Å². The summed E-state index contributed by atoms with van der Waals surface area (Å²) >= 11 is 0. The number of hydrogen-bond acceptors (Lipinski definition) is 4. The van der Waals surface area contributed by atoms with Gasteiger partial charge in [-0.15, -0.1) is 0 Å². The summed E-state index contributed by atoms with van der Waals surface area (Å²) < 4.78 is 26.7. The average molecular weight is 439 g/mol. The highest BCUT2D eigenvalue weighted by Gasteiger charge is 2.36.